The molecule has 1 aliphatic heterocycles. The van der Waals surface area contributed by atoms with Crippen LogP contribution in [-0.4, -0.2) is 53.9 Å². The zero-order valence-electron chi connectivity index (χ0n) is 17.5. The number of carbonyl (C=O) groups is 3. The molecule has 1 unspecified atom stereocenters. The van der Waals surface area contributed by atoms with Gasteiger partial charge in [0.15, 0.2) is 5.17 Å². The third kappa shape index (κ3) is 5.64. The number of rotatable bonds is 6. The van der Waals surface area contributed by atoms with Crippen LogP contribution < -0.4 is 10.1 Å². The minimum atomic E-state index is -0.627. The highest BCUT2D eigenvalue weighted by atomic mass is 32.2. The van der Waals surface area contributed by atoms with Gasteiger partial charge in [0.2, 0.25) is 11.8 Å². The maximum Gasteiger partial charge on any atom is 0.338 e. The predicted octanol–water partition coefficient (Wildman–Crippen LogP) is 3.46. The number of aliphatic imine (C=N–C) groups is 1. The minimum Gasteiger partial charge on any atom is -0.497 e. The van der Waals surface area contributed by atoms with Gasteiger partial charge in [-0.1, -0.05) is 17.8 Å². The van der Waals surface area contributed by atoms with Crippen LogP contribution in [0.4, 0.5) is 11.4 Å². The Kier molecular flexibility index (Phi) is 7.30. The number of nitrogens with one attached hydrogen (secondary N) is 1. The topological polar surface area (TPSA) is 97.3 Å². The first kappa shape index (κ1) is 22.4. The minimum absolute atomic E-state index is 0.0606. The van der Waals surface area contributed by atoms with Gasteiger partial charge in [-0.3, -0.25) is 14.5 Å². The Morgan fingerprint density at radius 1 is 1.23 bits per heavy atom. The van der Waals surface area contributed by atoms with Crippen molar-refractivity contribution in [3.8, 4) is 5.75 Å². The normalized spacial score (nSPS) is 17.4. The van der Waals surface area contributed by atoms with Crippen LogP contribution >= 0.6 is 11.8 Å². The third-order valence-corrected chi connectivity index (χ3v) is 5.74. The second-order valence-electron chi connectivity index (χ2n) is 6.65. The van der Waals surface area contributed by atoms with Gasteiger partial charge < -0.3 is 14.8 Å². The van der Waals surface area contributed by atoms with Gasteiger partial charge in [0, 0.05) is 25.2 Å². The van der Waals surface area contributed by atoms with E-state index in [-0.39, 0.29) is 18.2 Å². The summed E-state index contributed by atoms with van der Waals surface area (Å²) in [6.07, 6.45) is 0.0606. The van der Waals surface area contributed by atoms with Gasteiger partial charge in [0.25, 0.3) is 0 Å². The van der Waals surface area contributed by atoms with Crippen molar-refractivity contribution in [1.82, 2.24) is 4.90 Å². The molecule has 0 aromatic heterocycles. The standard InChI is InChI=1S/C22H23N3O5S/c1-4-30-21(28)14-8-10-15(11-9-14)23-20(27)18-13-19(26)25(2)22(31-18)24-16-6-5-7-17(12-16)29-3/h5-12,18H,4,13H2,1-3H3,(H,23,27). The van der Waals surface area contributed by atoms with Crippen LogP contribution in [0.1, 0.15) is 23.7 Å². The molecule has 0 spiro atoms. The molecule has 2 amide bonds. The van der Waals surface area contributed by atoms with Crippen LogP contribution in [-0.2, 0) is 14.3 Å². The fourth-order valence-corrected chi connectivity index (χ4v) is 3.88. The summed E-state index contributed by atoms with van der Waals surface area (Å²) in [7, 11) is 3.20. The number of esters is 1. The second kappa shape index (κ2) is 10.1. The van der Waals surface area contributed by atoms with Crippen LogP contribution in [0.15, 0.2) is 53.5 Å². The molecule has 2 aromatic carbocycles. The van der Waals surface area contributed by atoms with Crippen molar-refractivity contribution < 1.29 is 23.9 Å². The lowest BCUT2D eigenvalue weighted by molar-refractivity contribution is -0.128. The molecule has 0 bridgehead atoms. The molecule has 9 heteroatoms. The Hall–Kier alpha value is -3.33. The first-order valence-electron chi connectivity index (χ1n) is 9.65. The van der Waals surface area contributed by atoms with Crippen LogP contribution in [0.25, 0.3) is 0 Å². The summed E-state index contributed by atoms with van der Waals surface area (Å²) < 4.78 is 10.2. The fraction of sp³-hybridized carbons (Fsp3) is 0.273. The van der Waals surface area contributed by atoms with Crippen LogP contribution in [0, 0.1) is 0 Å². The number of thioether (sulfide) groups is 1. The number of hydrogen-bond acceptors (Lipinski definition) is 7. The highest BCUT2D eigenvalue weighted by Gasteiger charge is 2.34. The number of nitrogens with zero attached hydrogens (tertiary/aromatic N) is 2. The molecule has 2 aromatic rings. The Balaban J connectivity index is 1.71. The molecule has 162 valence electrons. The van der Waals surface area contributed by atoms with Gasteiger partial charge in [0.1, 0.15) is 11.0 Å². The molecule has 3 rings (SSSR count). The zero-order chi connectivity index (χ0) is 22.4. The van der Waals surface area contributed by atoms with Crippen LogP contribution in [0.2, 0.25) is 0 Å². The van der Waals surface area contributed by atoms with Crippen molar-refractivity contribution >= 4 is 46.1 Å². The number of ether oxygens (including phenoxy) is 2. The van der Waals surface area contributed by atoms with Gasteiger partial charge in [-0.15, -0.1) is 0 Å². The van der Waals surface area contributed by atoms with E-state index in [1.165, 1.54) is 16.7 Å². The molecule has 8 nitrogen and oxygen atoms in total. The Morgan fingerprint density at radius 3 is 2.65 bits per heavy atom. The number of amidine groups is 1. The molecular weight excluding hydrogens is 418 g/mol. The summed E-state index contributed by atoms with van der Waals surface area (Å²) in [6, 6.07) is 13.6. The molecule has 0 aliphatic carbocycles. The number of carbonyl (C=O) groups excluding carboxylic acids is 3. The number of hydrogen-bond donors (Lipinski definition) is 1. The summed E-state index contributed by atoms with van der Waals surface area (Å²) in [5.41, 5.74) is 1.55. The molecule has 1 fully saturated rings. The molecule has 0 radical (unpaired) electrons. The van der Waals surface area contributed by atoms with Crippen molar-refractivity contribution in [3.05, 3.63) is 54.1 Å². The number of anilines is 1. The Morgan fingerprint density at radius 2 is 1.97 bits per heavy atom. The first-order valence-corrected chi connectivity index (χ1v) is 10.5. The summed E-state index contributed by atoms with van der Waals surface area (Å²) in [4.78, 5) is 42.9. The predicted molar refractivity (Wildman–Crippen MR) is 120 cm³/mol. The quantitative estimate of drug-likeness (QED) is 0.690. The molecule has 1 saturated heterocycles. The molecule has 1 N–H and O–H groups in total. The maximum absolute atomic E-state index is 12.8. The largest absolute Gasteiger partial charge is 0.497 e. The van der Waals surface area contributed by atoms with Gasteiger partial charge in [-0.25, -0.2) is 9.79 Å². The number of amides is 2. The number of benzene rings is 2. The average Bonchev–Trinajstić information content (AvgIpc) is 2.77. The van der Waals surface area contributed by atoms with E-state index < -0.39 is 11.2 Å². The first-order chi connectivity index (χ1) is 14.9. The summed E-state index contributed by atoms with van der Waals surface area (Å²) in [5, 5.41) is 2.60. The van der Waals surface area contributed by atoms with Crippen molar-refractivity contribution in [2.75, 3.05) is 26.1 Å². The van der Waals surface area contributed by atoms with E-state index in [4.69, 9.17) is 9.47 Å². The van der Waals surface area contributed by atoms with E-state index in [9.17, 15) is 14.4 Å². The van der Waals surface area contributed by atoms with Gasteiger partial charge in [-0.05, 0) is 43.3 Å². The SMILES string of the molecule is CCOC(=O)c1ccc(NC(=O)C2CC(=O)N(C)C(=Nc3cccc(OC)c3)S2)cc1. The van der Waals surface area contributed by atoms with Crippen molar-refractivity contribution in [2.24, 2.45) is 4.99 Å². The molecule has 1 heterocycles. The third-order valence-electron chi connectivity index (χ3n) is 4.50. The van der Waals surface area contributed by atoms with Gasteiger partial charge in [0.05, 0.1) is 25.0 Å². The lowest BCUT2D eigenvalue weighted by Crippen LogP contribution is -2.43. The zero-order valence-corrected chi connectivity index (χ0v) is 18.3. The van der Waals surface area contributed by atoms with Crippen molar-refractivity contribution in [1.29, 1.82) is 0 Å². The van der Waals surface area contributed by atoms with E-state index in [1.807, 2.05) is 0 Å². The monoisotopic (exact) mass is 441 g/mol. The highest BCUT2D eigenvalue weighted by Crippen LogP contribution is 2.30. The smallest absolute Gasteiger partial charge is 0.338 e. The molecule has 0 saturated carbocycles. The highest BCUT2D eigenvalue weighted by molar-refractivity contribution is 8.15. The summed E-state index contributed by atoms with van der Waals surface area (Å²) in [6.45, 7) is 2.03. The van der Waals surface area contributed by atoms with E-state index in [0.717, 1.165) is 0 Å². The molecule has 1 atom stereocenters. The summed E-state index contributed by atoms with van der Waals surface area (Å²) >= 11 is 1.22. The van der Waals surface area contributed by atoms with E-state index in [2.05, 4.69) is 10.3 Å². The van der Waals surface area contributed by atoms with Crippen molar-refractivity contribution in [2.45, 2.75) is 18.6 Å². The van der Waals surface area contributed by atoms with E-state index in [1.54, 1.807) is 69.6 Å². The second-order valence-corrected chi connectivity index (χ2v) is 7.82. The lowest BCUT2D eigenvalue weighted by Gasteiger charge is -2.28. The van der Waals surface area contributed by atoms with Crippen LogP contribution in [0.3, 0.4) is 0 Å². The summed E-state index contributed by atoms with van der Waals surface area (Å²) in [5.74, 6) is -0.278. The fourth-order valence-electron chi connectivity index (χ4n) is 2.82. The average molecular weight is 442 g/mol. The molecular formula is C22H23N3O5S. The van der Waals surface area contributed by atoms with E-state index >= 15 is 0 Å². The molecule has 1 aliphatic rings. The number of methoxy groups -OCH3 is 1. The lowest BCUT2D eigenvalue weighted by atomic mass is 10.2. The van der Waals surface area contributed by atoms with Gasteiger partial charge >= 0.3 is 5.97 Å². The van der Waals surface area contributed by atoms with Crippen molar-refractivity contribution in [3.63, 3.8) is 0 Å². The van der Waals surface area contributed by atoms with Crippen LogP contribution in [0.5, 0.6) is 5.75 Å². The Bertz CT molecular complexity index is 1010. The van der Waals surface area contributed by atoms with E-state index in [0.29, 0.717) is 34.5 Å². The van der Waals surface area contributed by atoms with Gasteiger partial charge in [-0.2, -0.15) is 0 Å². The maximum atomic E-state index is 12.8. The molecule has 31 heavy (non-hydrogen) atoms. The Labute approximate surface area is 184 Å².